The molecule has 1 amide bonds. The Hall–Kier alpha value is -1.73. The average molecular weight is 901 g/mol. The van der Waals surface area contributed by atoms with E-state index in [4.69, 9.17) is 0 Å². The molecule has 0 aliphatic carbocycles. The van der Waals surface area contributed by atoms with Gasteiger partial charge >= 0.3 is 0 Å². The van der Waals surface area contributed by atoms with Crippen molar-refractivity contribution < 1.29 is 25.2 Å². The second-order valence-electron chi connectivity index (χ2n) is 19.3. The highest BCUT2D eigenvalue weighted by atomic mass is 16.3. The maximum absolute atomic E-state index is 12.5. The van der Waals surface area contributed by atoms with Crippen LogP contribution in [0.2, 0.25) is 0 Å². The van der Waals surface area contributed by atoms with E-state index < -0.39 is 36.9 Å². The first kappa shape index (κ1) is 62.3. The molecule has 0 aromatic rings. The molecule has 376 valence electrons. The Morgan fingerprint density at radius 3 is 1.08 bits per heavy atom. The highest BCUT2D eigenvalue weighted by Crippen LogP contribution is 2.17. The topological polar surface area (TPSA) is 110 Å². The molecular weight excluding hydrogens is 791 g/mol. The van der Waals surface area contributed by atoms with E-state index in [1.54, 1.807) is 0 Å². The monoisotopic (exact) mass is 900 g/mol. The largest absolute Gasteiger partial charge is 0.394 e. The lowest BCUT2D eigenvalue weighted by Crippen LogP contribution is -2.53. The quantitative estimate of drug-likeness (QED) is 0.0309. The van der Waals surface area contributed by atoms with Gasteiger partial charge in [0.2, 0.25) is 5.91 Å². The van der Waals surface area contributed by atoms with Crippen LogP contribution in [0.3, 0.4) is 0 Å². The highest BCUT2D eigenvalue weighted by molar-refractivity contribution is 5.80. The van der Waals surface area contributed by atoms with Gasteiger partial charge in [-0.3, -0.25) is 4.79 Å². The molecule has 5 N–H and O–H groups in total. The second-order valence-corrected chi connectivity index (χ2v) is 19.3. The molecule has 0 aliphatic heterocycles. The Labute approximate surface area is 398 Å². The molecule has 0 aromatic carbocycles. The number of hydrogen-bond acceptors (Lipinski definition) is 5. The second kappa shape index (κ2) is 52.2. The molecule has 0 rings (SSSR count). The molecular formula is C58H109NO5. The summed E-state index contributed by atoms with van der Waals surface area (Å²) in [5.74, 6) is -0.599. The van der Waals surface area contributed by atoms with Gasteiger partial charge in [-0.15, -0.1) is 0 Å². The molecule has 0 bridgehead atoms. The van der Waals surface area contributed by atoms with E-state index in [0.717, 1.165) is 51.4 Å². The van der Waals surface area contributed by atoms with Crippen LogP contribution in [0.15, 0.2) is 48.6 Å². The summed E-state index contributed by atoms with van der Waals surface area (Å²) in [5, 5.41) is 43.7. The average Bonchev–Trinajstić information content (AvgIpc) is 3.30. The molecule has 0 fully saturated rings. The SMILES string of the molecule is C/C=C/CC/C=C/CC/C=C/CCCC(O)C(O)C(CO)NC(=O)C(O)CCCCCCCCCCCCCCCCCC/C=C\CCCCCCCCCCCCCCCCCC. The zero-order chi connectivity index (χ0) is 46.7. The molecule has 64 heavy (non-hydrogen) atoms. The van der Waals surface area contributed by atoms with Gasteiger partial charge in [0.05, 0.1) is 18.8 Å². The number of aliphatic hydroxyl groups excluding tert-OH is 4. The molecule has 0 heterocycles. The first-order valence-electron chi connectivity index (χ1n) is 28.0. The fourth-order valence-corrected chi connectivity index (χ4v) is 8.68. The van der Waals surface area contributed by atoms with Crippen LogP contribution in [0, 0.1) is 0 Å². The Balaban J connectivity index is 3.53. The van der Waals surface area contributed by atoms with E-state index in [1.807, 2.05) is 6.92 Å². The first-order chi connectivity index (χ1) is 31.5. The van der Waals surface area contributed by atoms with Gasteiger partial charge in [-0.2, -0.15) is 0 Å². The van der Waals surface area contributed by atoms with E-state index >= 15 is 0 Å². The van der Waals surface area contributed by atoms with Gasteiger partial charge in [-0.1, -0.05) is 248 Å². The number of rotatable bonds is 51. The molecule has 4 atom stereocenters. The van der Waals surface area contributed by atoms with Crippen LogP contribution in [0.1, 0.15) is 284 Å². The summed E-state index contributed by atoms with van der Waals surface area (Å²) in [6, 6.07) is -1.01. The molecule has 4 unspecified atom stereocenters. The first-order valence-corrected chi connectivity index (χ1v) is 28.0. The van der Waals surface area contributed by atoms with Gasteiger partial charge in [0.25, 0.3) is 0 Å². The number of amides is 1. The standard InChI is InChI=1S/C58H109NO5/c1-3-5-7-9-11-13-15-17-18-19-20-21-22-23-24-25-26-27-28-29-30-31-32-33-34-35-36-37-38-39-40-42-44-46-48-50-52-56(62)58(64)59-54(53-60)57(63)55(61)51-49-47-45-43-41-16-14-12-10-8-6-4-2/h4,6,12,14,27-28,43,45,54-57,60-63H,3,5,7-11,13,15-26,29-42,44,46-53H2,1-2H3,(H,59,64)/b6-4+,14-12+,28-27-,45-43+. The van der Waals surface area contributed by atoms with E-state index in [-0.39, 0.29) is 0 Å². The summed E-state index contributed by atoms with van der Waals surface area (Å²) >= 11 is 0. The smallest absolute Gasteiger partial charge is 0.249 e. The third-order valence-corrected chi connectivity index (χ3v) is 13.1. The van der Waals surface area contributed by atoms with Gasteiger partial charge in [0.1, 0.15) is 12.2 Å². The van der Waals surface area contributed by atoms with Crippen molar-refractivity contribution >= 4 is 5.91 Å². The van der Waals surface area contributed by atoms with E-state index in [0.29, 0.717) is 19.3 Å². The summed E-state index contributed by atoms with van der Waals surface area (Å²) in [7, 11) is 0. The van der Waals surface area contributed by atoms with Crippen LogP contribution in [0.4, 0.5) is 0 Å². The number of unbranched alkanes of at least 4 members (excludes halogenated alkanes) is 35. The van der Waals surface area contributed by atoms with Crippen molar-refractivity contribution in [3.63, 3.8) is 0 Å². The molecule has 0 radical (unpaired) electrons. The number of carbonyl (C=O) groups is 1. The zero-order valence-corrected chi connectivity index (χ0v) is 42.5. The van der Waals surface area contributed by atoms with E-state index in [1.165, 1.54) is 199 Å². The molecule has 0 spiro atoms. The van der Waals surface area contributed by atoms with Crippen molar-refractivity contribution in [1.82, 2.24) is 5.32 Å². The number of hydrogen-bond donors (Lipinski definition) is 5. The fourth-order valence-electron chi connectivity index (χ4n) is 8.68. The lowest BCUT2D eigenvalue weighted by atomic mass is 10.00. The van der Waals surface area contributed by atoms with Crippen molar-refractivity contribution in [2.75, 3.05) is 6.61 Å². The maximum Gasteiger partial charge on any atom is 0.249 e. The molecule has 0 aliphatic rings. The third kappa shape index (κ3) is 45.4. The summed E-state index contributed by atoms with van der Waals surface area (Å²) in [5.41, 5.74) is 0. The predicted octanol–water partition coefficient (Wildman–Crippen LogP) is 16.2. The van der Waals surface area contributed by atoms with Crippen LogP contribution in [-0.2, 0) is 4.79 Å². The van der Waals surface area contributed by atoms with Crippen LogP contribution in [0.5, 0.6) is 0 Å². The van der Waals surface area contributed by atoms with Gasteiger partial charge in [-0.25, -0.2) is 0 Å². The van der Waals surface area contributed by atoms with Crippen molar-refractivity contribution in [2.45, 2.75) is 308 Å². The van der Waals surface area contributed by atoms with Gasteiger partial charge < -0.3 is 25.7 Å². The Bertz CT molecular complexity index is 1060. The van der Waals surface area contributed by atoms with Crippen LogP contribution in [-0.4, -0.2) is 57.3 Å². The van der Waals surface area contributed by atoms with Crippen LogP contribution < -0.4 is 5.32 Å². The van der Waals surface area contributed by atoms with E-state index in [9.17, 15) is 25.2 Å². The summed E-state index contributed by atoms with van der Waals surface area (Å²) in [6.45, 7) is 3.83. The van der Waals surface area contributed by atoms with Gasteiger partial charge in [0.15, 0.2) is 0 Å². The lowest BCUT2D eigenvalue weighted by molar-refractivity contribution is -0.132. The van der Waals surface area contributed by atoms with Crippen molar-refractivity contribution in [3.05, 3.63) is 48.6 Å². The summed E-state index contributed by atoms with van der Waals surface area (Å²) < 4.78 is 0. The minimum atomic E-state index is -1.29. The van der Waals surface area contributed by atoms with Crippen LogP contribution >= 0.6 is 0 Å². The number of nitrogens with one attached hydrogen (secondary N) is 1. The predicted molar refractivity (Wildman–Crippen MR) is 279 cm³/mol. The van der Waals surface area contributed by atoms with Crippen molar-refractivity contribution in [2.24, 2.45) is 0 Å². The van der Waals surface area contributed by atoms with Crippen molar-refractivity contribution in [3.8, 4) is 0 Å². The fraction of sp³-hybridized carbons (Fsp3) is 0.845. The molecule has 0 aromatic heterocycles. The van der Waals surface area contributed by atoms with Crippen molar-refractivity contribution in [1.29, 1.82) is 0 Å². The maximum atomic E-state index is 12.5. The lowest BCUT2D eigenvalue weighted by Gasteiger charge is -2.27. The van der Waals surface area contributed by atoms with Gasteiger partial charge in [0, 0.05) is 0 Å². The Morgan fingerprint density at radius 1 is 0.406 bits per heavy atom. The zero-order valence-electron chi connectivity index (χ0n) is 42.5. The highest BCUT2D eigenvalue weighted by Gasteiger charge is 2.28. The molecule has 6 nitrogen and oxygen atoms in total. The Morgan fingerprint density at radius 2 is 0.719 bits per heavy atom. The Kier molecular flexibility index (Phi) is 50.8. The van der Waals surface area contributed by atoms with Gasteiger partial charge in [-0.05, 0) is 84.0 Å². The molecule has 6 heteroatoms. The molecule has 0 saturated heterocycles. The number of aliphatic hydroxyl groups is 4. The summed E-state index contributed by atoms with van der Waals surface area (Å²) in [4.78, 5) is 12.5. The van der Waals surface area contributed by atoms with E-state index in [2.05, 4.69) is 60.8 Å². The molecule has 0 saturated carbocycles. The number of carbonyl (C=O) groups excluding carboxylic acids is 1. The minimum Gasteiger partial charge on any atom is -0.394 e. The normalized spacial score (nSPS) is 14.2. The number of allylic oxidation sites excluding steroid dienone is 8. The minimum absolute atomic E-state index is 0.359. The van der Waals surface area contributed by atoms with Crippen LogP contribution in [0.25, 0.3) is 0 Å². The third-order valence-electron chi connectivity index (χ3n) is 13.1. The summed E-state index contributed by atoms with van der Waals surface area (Å²) in [6.07, 6.45) is 66.5.